The SMILES string of the molecule is CC(=O)O[C@@H]1C=C(c2ccco2)[C@@H](O)[C@H]2OC(C)(C)O[C@H]21. The third-order valence-electron chi connectivity index (χ3n) is 3.57. The van der Waals surface area contributed by atoms with Crippen LogP contribution < -0.4 is 0 Å². The minimum Gasteiger partial charge on any atom is -0.465 e. The molecular formula is C15H18O6. The van der Waals surface area contributed by atoms with Crippen molar-refractivity contribution in [1.29, 1.82) is 0 Å². The van der Waals surface area contributed by atoms with Crippen molar-refractivity contribution in [2.24, 2.45) is 0 Å². The summed E-state index contributed by atoms with van der Waals surface area (Å²) in [6, 6.07) is 3.47. The number of ether oxygens (including phenoxy) is 3. The van der Waals surface area contributed by atoms with Gasteiger partial charge in [0.1, 0.15) is 30.2 Å². The minimum atomic E-state index is -0.908. The van der Waals surface area contributed by atoms with Crippen molar-refractivity contribution in [3.63, 3.8) is 0 Å². The van der Waals surface area contributed by atoms with Crippen LogP contribution in [0.25, 0.3) is 5.57 Å². The van der Waals surface area contributed by atoms with Gasteiger partial charge in [0.2, 0.25) is 0 Å². The number of carbonyl (C=O) groups is 1. The summed E-state index contributed by atoms with van der Waals surface area (Å²) in [6.45, 7) is 4.85. The molecule has 0 spiro atoms. The van der Waals surface area contributed by atoms with Crippen molar-refractivity contribution in [1.82, 2.24) is 0 Å². The quantitative estimate of drug-likeness (QED) is 0.833. The third-order valence-corrected chi connectivity index (χ3v) is 3.57. The molecule has 1 saturated heterocycles. The van der Waals surface area contributed by atoms with Crippen molar-refractivity contribution in [2.75, 3.05) is 0 Å². The number of hydrogen-bond acceptors (Lipinski definition) is 6. The van der Waals surface area contributed by atoms with Gasteiger partial charge in [-0.15, -0.1) is 0 Å². The highest BCUT2D eigenvalue weighted by molar-refractivity contribution is 5.70. The van der Waals surface area contributed by atoms with Gasteiger partial charge in [0, 0.05) is 12.5 Å². The maximum absolute atomic E-state index is 11.3. The summed E-state index contributed by atoms with van der Waals surface area (Å²) in [7, 11) is 0. The van der Waals surface area contributed by atoms with E-state index in [0.717, 1.165) is 0 Å². The number of aliphatic hydroxyl groups is 1. The Kier molecular flexibility index (Phi) is 3.39. The van der Waals surface area contributed by atoms with E-state index in [0.29, 0.717) is 11.3 Å². The normalized spacial score (nSPS) is 34.2. The Hall–Kier alpha value is -1.63. The Balaban J connectivity index is 1.97. The van der Waals surface area contributed by atoms with Crippen molar-refractivity contribution < 1.29 is 28.5 Å². The second-order valence-corrected chi connectivity index (χ2v) is 5.68. The fourth-order valence-corrected chi connectivity index (χ4v) is 2.83. The molecular weight excluding hydrogens is 276 g/mol. The standard InChI is InChI=1S/C15H18O6/c1-8(16)19-11-7-9(10-5-4-6-18-10)12(17)14-13(11)20-15(2,3)21-14/h4-7,11-14,17H,1-3H3/t11-,12-,13+,14-/m1/s1. The van der Waals surface area contributed by atoms with E-state index in [-0.39, 0.29) is 0 Å². The van der Waals surface area contributed by atoms with Crippen LogP contribution in [0.3, 0.4) is 0 Å². The van der Waals surface area contributed by atoms with Gasteiger partial charge in [-0.1, -0.05) is 0 Å². The highest BCUT2D eigenvalue weighted by Crippen LogP contribution is 2.40. The van der Waals surface area contributed by atoms with Crippen molar-refractivity contribution in [3.8, 4) is 0 Å². The molecule has 1 N–H and O–H groups in total. The van der Waals surface area contributed by atoms with E-state index >= 15 is 0 Å². The van der Waals surface area contributed by atoms with Crippen molar-refractivity contribution >= 4 is 11.5 Å². The number of carbonyl (C=O) groups excluding carboxylic acids is 1. The molecule has 1 fully saturated rings. The van der Waals surface area contributed by atoms with Gasteiger partial charge in [0.15, 0.2) is 5.79 Å². The number of fused-ring (bicyclic) bond motifs is 1. The highest BCUT2D eigenvalue weighted by Gasteiger charge is 2.52. The molecule has 3 rings (SSSR count). The summed E-state index contributed by atoms with van der Waals surface area (Å²) in [4.78, 5) is 11.3. The van der Waals surface area contributed by atoms with E-state index in [4.69, 9.17) is 18.6 Å². The van der Waals surface area contributed by atoms with E-state index in [1.807, 2.05) is 0 Å². The lowest BCUT2D eigenvalue weighted by atomic mass is 9.88. The van der Waals surface area contributed by atoms with Gasteiger partial charge in [-0.3, -0.25) is 4.79 Å². The fraction of sp³-hybridized carbons (Fsp3) is 0.533. The van der Waals surface area contributed by atoms with Crippen LogP contribution in [0.15, 0.2) is 28.9 Å². The number of rotatable bonds is 2. The molecule has 1 aromatic rings. The Labute approximate surface area is 122 Å². The topological polar surface area (TPSA) is 78.1 Å². The van der Waals surface area contributed by atoms with Gasteiger partial charge in [-0.25, -0.2) is 0 Å². The van der Waals surface area contributed by atoms with Crippen LogP contribution in [0.5, 0.6) is 0 Å². The molecule has 1 aliphatic carbocycles. The minimum absolute atomic E-state index is 0.418. The van der Waals surface area contributed by atoms with Crippen molar-refractivity contribution in [3.05, 3.63) is 30.2 Å². The predicted octanol–water partition coefficient (Wildman–Crippen LogP) is 1.49. The Morgan fingerprint density at radius 1 is 1.33 bits per heavy atom. The Morgan fingerprint density at radius 3 is 2.67 bits per heavy atom. The van der Waals surface area contributed by atoms with Crippen LogP contribution in [0.4, 0.5) is 0 Å². The number of furan rings is 1. The number of aliphatic hydroxyl groups excluding tert-OH is 1. The molecule has 2 aliphatic rings. The third kappa shape index (κ3) is 2.62. The molecule has 2 heterocycles. The van der Waals surface area contributed by atoms with Gasteiger partial charge in [-0.2, -0.15) is 0 Å². The zero-order chi connectivity index (χ0) is 15.2. The van der Waals surface area contributed by atoms with Gasteiger partial charge >= 0.3 is 5.97 Å². The molecule has 4 atom stereocenters. The molecule has 6 heteroatoms. The summed E-state index contributed by atoms with van der Waals surface area (Å²) >= 11 is 0. The molecule has 1 aromatic heterocycles. The lowest BCUT2D eigenvalue weighted by Gasteiger charge is -2.32. The molecule has 0 amide bonds. The smallest absolute Gasteiger partial charge is 0.303 e. The van der Waals surface area contributed by atoms with Crippen LogP contribution in [-0.4, -0.2) is 41.3 Å². The highest BCUT2D eigenvalue weighted by atomic mass is 16.8. The maximum atomic E-state index is 11.3. The van der Waals surface area contributed by atoms with Gasteiger partial charge < -0.3 is 23.7 Å². The fourth-order valence-electron chi connectivity index (χ4n) is 2.83. The second kappa shape index (κ2) is 4.98. The monoisotopic (exact) mass is 294 g/mol. The zero-order valence-electron chi connectivity index (χ0n) is 12.1. The molecule has 0 unspecified atom stereocenters. The average Bonchev–Trinajstić information content (AvgIpc) is 2.99. The predicted molar refractivity (Wildman–Crippen MR) is 72.1 cm³/mol. The molecule has 0 saturated carbocycles. The largest absolute Gasteiger partial charge is 0.465 e. The van der Waals surface area contributed by atoms with Gasteiger partial charge in [-0.05, 0) is 32.1 Å². The van der Waals surface area contributed by atoms with Crippen LogP contribution in [0, 0.1) is 0 Å². The number of esters is 1. The molecule has 1 aliphatic heterocycles. The zero-order valence-corrected chi connectivity index (χ0v) is 12.1. The second-order valence-electron chi connectivity index (χ2n) is 5.68. The first kappa shape index (κ1) is 14.3. The summed E-state index contributed by atoms with van der Waals surface area (Å²) in [5.41, 5.74) is 0.536. The summed E-state index contributed by atoms with van der Waals surface area (Å²) < 4.78 is 22.2. The average molecular weight is 294 g/mol. The van der Waals surface area contributed by atoms with Crippen molar-refractivity contribution in [2.45, 2.75) is 51.0 Å². The maximum Gasteiger partial charge on any atom is 0.303 e. The molecule has 114 valence electrons. The summed E-state index contributed by atoms with van der Waals surface area (Å²) in [6.07, 6.45) is 0.488. The van der Waals surface area contributed by atoms with Crippen LogP contribution in [0.1, 0.15) is 26.5 Å². The first-order valence-electron chi connectivity index (χ1n) is 6.84. The van der Waals surface area contributed by atoms with Gasteiger partial charge in [0.25, 0.3) is 0 Å². The first-order valence-corrected chi connectivity index (χ1v) is 6.84. The molecule has 0 bridgehead atoms. The van der Waals surface area contributed by atoms with E-state index in [2.05, 4.69) is 0 Å². The molecule has 0 radical (unpaired) electrons. The lowest BCUT2D eigenvalue weighted by Crippen LogP contribution is -2.47. The summed E-state index contributed by atoms with van der Waals surface area (Å²) in [5.74, 6) is -0.744. The van der Waals surface area contributed by atoms with E-state index < -0.39 is 36.2 Å². The number of hydrogen-bond donors (Lipinski definition) is 1. The van der Waals surface area contributed by atoms with Gasteiger partial charge in [0.05, 0.1) is 6.26 Å². The van der Waals surface area contributed by atoms with E-state index in [9.17, 15) is 9.90 Å². The summed E-state index contributed by atoms with van der Waals surface area (Å²) in [5, 5.41) is 10.5. The van der Waals surface area contributed by atoms with Crippen LogP contribution in [-0.2, 0) is 19.0 Å². The lowest BCUT2D eigenvalue weighted by molar-refractivity contribution is -0.165. The molecule has 0 aromatic carbocycles. The van der Waals surface area contributed by atoms with E-state index in [1.165, 1.54) is 13.2 Å². The molecule has 6 nitrogen and oxygen atoms in total. The molecule has 21 heavy (non-hydrogen) atoms. The van der Waals surface area contributed by atoms with E-state index in [1.54, 1.807) is 32.1 Å². The van der Waals surface area contributed by atoms with Crippen LogP contribution >= 0.6 is 0 Å². The first-order chi connectivity index (χ1) is 9.87. The Bertz CT molecular complexity index is 559. The van der Waals surface area contributed by atoms with Crippen LogP contribution in [0.2, 0.25) is 0 Å². The Morgan fingerprint density at radius 2 is 2.05 bits per heavy atom.